The maximum absolute atomic E-state index is 13.7. The molecule has 0 bridgehead atoms. The molecule has 5 rings (SSSR count). The number of likely N-dealkylation sites (tertiary alicyclic amines) is 1. The van der Waals surface area contributed by atoms with Crippen LogP contribution in [0.2, 0.25) is 5.02 Å². The van der Waals surface area contributed by atoms with Gasteiger partial charge in [-0.05, 0) is 62.3 Å². The number of halogens is 1. The van der Waals surface area contributed by atoms with Crippen molar-refractivity contribution < 1.29 is 38.9 Å². The number of phenols is 1. The summed E-state index contributed by atoms with van der Waals surface area (Å²) in [5.74, 6) is -4.53. The van der Waals surface area contributed by atoms with Crippen LogP contribution in [-0.2, 0) is 24.0 Å². The maximum atomic E-state index is 13.7. The highest BCUT2D eigenvalue weighted by atomic mass is 35.5. The van der Waals surface area contributed by atoms with Gasteiger partial charge in [0.15, 0.2) is 23.1 Å². The van der Waals surface area contributed by atoms with Crippen molar-refractivity contribution in [2.24, 2.45) is 17.8 Å². The zero-order valence-electron chi connectivity index (χ0n) is 22.2. The Kier molecular flexibility index (Phi) is 7.44. The highest BCUT2D eigenvalue weighted by Crippen LogP contribution is 2.56. The molecule has 4 atom stereocenters. The van der Waals surface area contributed by atoms with E-state index in [1.54, 1.807) is 19.1 Å². The van der Waals surface area contributed by atoms with Crippen molar-refractivity contribution in [2.75, 3.05) is 13.7 Å². The number of imide groups is 1. The molecule has 0 spiro atoms. The van der Waals surface area contributed by atoms with Gasteiger partial charge in [-0.1, -0.05) is 29.7 Å². The SMILES string of the molecule is COc1cc([C@H]2C3=CC[C@@H]4C(=O)N(CCCCCC(=O)O)C(=O)[C@@H]4[C@@H]3CC3=C2C(=O)C(C)=CC3=O)cc(Cl)c1O. The van der Waals surface area contributed by atoms with Gasteiger partial charge >= 0.3 is 5.97 Å². The number of aromatic hydroxyl groups is 1. The van der Waals surface area contributed by atoms with Crippen LogP contribution in [-0.4, -0.2) is 58.1 Å². The van der Waals surface area contributed by atoms with Crippen molar-refractivity contribution in [1.29, 1.82) is 0 Å². The van der Waals surface area contributed by atoms with Crippen molar-refractivity contribution in [1.82, 2.24) is 4.90 Å². The van der Waals surface area contributed by atoms with E-state index in [1.807, 2.05) is 6.08 Å². The summed E-state index contributed by atoms with van der Waals surface area (Å²) in [5.41, 5.74) is 2.31. The van der Waals surface area contributed by atoms with E-state index < -0.39 is 29.6 Å². The maximum Gasteiger partial charge on any atom is 0.303 e. The molecule has 2 amide bonds. The van der Waals surface area contributed by atoms with Crippen molar-refractivity contribution in [3.8, 4) is 11.5 Å². The minimum atomic E-state index is -0.883. The molecule has 0 aromatic heterocycles. The molecule has 2 N–H and O–H groups in total. The quantitative estimate of drug-likeness (QED) is 0.207. The van der Waals surface area contributed by atoms with E-state index in [1.165, 1.54) is 18.1 Å². The first-order valence-corrected chi connectivity index (χ1v) is 13.8. The Morgan fingerprint density at radius 2 is 1.85 bits per heavy atom. The number of carbonyl (C=O) groups excluding carboxylic acids is 4. The van der Waals surface area contributed by atoms with Gasteiger partial charge in [0.2, 0.25) is 11.8 Å². The van der Waals surface area contributed by atoms with E-state index in [0.29, 0.717) is 48.0 Å². The molecule has 3 aliphatic carbocycles. The number of methoxy groups -OCH3 is 1. The minimum Gasteiger partial charge on any atom is -0.503 e. The lowest BCUT2D eigenvalue weighted by Crippen LogP contribution is -2.39. The lowest BCUT2D eigenvalue weighted by Gasteiger charge is -2.42. The third-order valence-electron chi connectivity index (χ3n) is 8.53. The third-order valence-corrected chi connectivity index (χ3v) is 8.82. The van der Waals surface area contributed by atoms with Crippen LogP contribution in [0, 0.1) is 17.8 Å². The van der Waals surface area contributed by atoms with Crippen LogP contribution < -0.4 is 4.74 Å². The average molecular weight is 568 g/mol. The molecule has 210 valence electrons. The number of benzene rings is 1. The fourth-order valence-electron chi connectivity index (χ4n) is 6.67. The fraction of sp³-hybridized carbons (Fsp3) is 0.433. The van der Waals surface area contributed by atoms with Crippen LogP contribution in [0.4, 0.5) is 0 Å². The van der Waals surface area contributed by atoms with Gasteiger partial charge in [-0.15, -0.1) is 0 Å². The number of unbranched alkanes of at least 4 members (excludes halogenated alkanes) is 2. The topological polar surface area (TPSA) is 138 Å². The Hall–Kier alpha value is -3.72. The predicted molar refractivity (Wildman–Crippen MR) is 144 cm³/mol. The van der Waals surface area contributed by atoms with Crippen LogP contribution in [0.1, 0.15) is 56.9 Å². The number of phenolic OH excluding ortho intramolecular Hbond substituents is 1. The number of carboxylic acids is 1. The number of rotatable bonds is 8. The zero-order chi connectivity index (χ0) is 28.9. The van der Waals surface area contributed by atoms with Gasteiger partial charge in [-0.25, -0.2) is 0 Å². The van der Waals surface area contributed by atoms with E-state index in [0.717, 1.165) is 5.57 Å². The molecule has 0 unspecified atom stereocenters. The summed E-state index contributed by atoms with van der Waals surface area (Å²) in [4.78, 5) is 65.8. The van der Waals surface area contributed by atoms with Gasteiger partial charge in [-0.3, -0.25) is 28.9 Å². The molecule has 1 aromatic carbocycles. The van der Waals surface area contributed by atoms with Crippen LogP contribution in [0.3, 0.4) is 0 Å². The van der Waals surface area contributed by atoms with Gasteiger partial charge < -0.3 is 14.9 Å². The highest BCUT2D eigenvalue weighted by Gasteiger charge is 2.56. The highest BCUT2D eigenvalue weighted by molar-refractivity contribution is 6.32. The van der Waals surface area contributed by atoms with Crippen molar-refractivity contribution in [3.63, 3.8) is 0 Å². The largest absolute Gasteiger partial charge is 0.503 e. The van der Waals surface area contributed by atoms with Gasteiger partial charge in [0.25, 0.3) is 0 Å². The lowest BCUT2D eigenvalue weighted by molar-refractivity contribution is -0.141. The van der Waals surface area contributed by atoms with Crippen molar-refractivity contribution >= 4 is 41.0 Å². The van der Waals surface area contributed by atoms with E-state index in [-0.39, 0.29) is 59.3 Å². The molecule has 1 fully saturated rings. The number of Topliss-reactive ketones (excluding diaryl/α,β-unsaturated/α-hetero) is 1. The first-order chi connectivity index (χ1) is 19.0. The van der Waals surface area contributed by atoms with E-state index in [2.05, 4.69) is 0 Å². The van der Waals surface area contributed by atoms with Crippen LogP contribution >= 0.6 is 11.6 Å². The molecule has 0 saturated carbocycles. The molecular weight excluding hydrogens is 538 g/mol. The number of nitrogens with zero attached hydrogens (tertiary/aromatic N) is 1. The number of carboxylic acid groups (broad SMARTS) is 1. The van der Waals surface area contributed by atoms with Crippen LogP contribution in [0.15, 0.2) is 46.6 Å². The zero-order valence-corrected chi connectivity index (χ0v) is 23.0. The summed E-state index contributed by atoms with van der Waals surface area (Å²) in [6.07, 6.45) is 5.31. The van der Waals surface area contributed by atoms with Gasteiger partial charge in [0.05, 0.1) is 24.0 Å². The summed E-state index contributed by atoms with van der Waals surface area (Å²) >= 11 is 6.33. The van der Waals surface area contributed by atoms with Gasteiger partial charge in [0.1, 0.15) is 0 Å². The summed E-state index contributed by atoms with van der Waals surface area (Å²) in [6.45, 7) is 1.81. The number of ketones is 2. The van der Waals surface area contributed by atoms with E-state index in [4.69, 9.17) is 21.4 Å². The van der Waals surface area contributed by atoms with E-state index >= 15 is 0 Å². The normalized spacial score (nSPS) is 25.8. The third kappa shape index (κ3) is 4.56. The Labute approximate surface area is 236 Å². The molecule has 40 heavy (non-hydrogen) atoms. The van der Waals surface area contributed by atoms with Crippen molar-refractivity contribution in [2.45, 2.75) is 51.4 Å². The molecule has 0 radical (unpaired) electrons. The number of fused-ring (bicyclic) bond motifs is 3. The minimum absolute atomic E-state index is 0.0240. The first-order valence-electron chi connectivity index (χ1n) is 13.4. The number of carbonyl (C=O) groups is 5. The Balaban J connectivity index is 1.53. The lowest BCUT2D eigenvalue weighted by atomic mass is 9.59. The Morgan fingerprint density at radius 1 is 1.10 bits per heavy atom. The monoisotopic (exact) mass is 567 g/mol. The summed E-state index contributed by atoms with van der Waals surface area (Å²) < 4.78 is 5.31. The number of hydrogen-bond donors (Lipinski definition) is 2. The standard InChI is InChI=1S/C30H30ClNO8/c1-14-10-21(33)19-13-18-16(24(26(19)27(14)36)15-11-20(31)28(37)22(12-15)40-2)7-8-17-25(18)30(39)32(29(17)38)9-5-3-4-6-23(34)35/h7,10-12,17-18,24-25,37H,3-6,8-9,13H2,1-2H3,(H,34,35)/t17-,18+,24-,25-/m0/s1. The molecule has 10 heteroatoms. The molecular formula is C30H30ClNO8. The number of allylic oxidation sites excluding steroid dienone is 6. The molecule has 9 nitrogen and oxygen atoms in total. The summed E-state index contributed by atoms with van der Waals surface area (Å²) in [7, 11) is 1.38. The second-order valence-corrected chi connectivity index (χ2v) is 11.2. The number of amides is 2. The molecule has 4 aliphatic rings. The second-order valence-electron chi connectivity index (χ2n) is 10.8. The summed E-state index contributed by atoms with van der Waals surface area (Å²) in [6, 6.07) is 3.13. The van der Waals surface area contributed by atoms with E-state index in [9.17, 15) is 29.1 Å². The number of aliphatic carboxylic acids is 1. The fourth-order valence-corrected chi connectivity index (χ4v) is 6.88. The Bertz CT molecular complexity index is 1440. The number of hydrogen-bond acceptors (Lipinski definition) is 7. The molecule has 1 saturated heterocycles. The van der Waals surface area contributed by atoms with Crippen molar-refractivity contribution in [3.05, 3.63) is 57.2 Å². The van der Waals surface area contributed by atoms with Gasteiger partial charge in [0, 0.05) is 35.6 Å². The van der Waals surface area contributed by atoms with Gasteiger partial charge in [-0.2, -0.15) is 0 Å². The second kappa shape index (κ2) is 10.7. The first kappa shape index (κ1) is 27.8. The average Bonchev–Trinajstić information content (AvgIpc) is 3.16. The molecule has 1 heterocycles. The molecule has 1 aromatic rings. The van der Waals surface area contributed by atoms with Crippen LogP contribution in [0.5, 0.6) is 11.5 Å². The predicted octanol–water partition coefficient (Wildman–Crippen LogP) is 4.13. The smallest absolute Gasteiger partial charge is 0.303 e. The van der Waals surface area contributed by atoms with Crippen LogP contribution in [0.25, 0.3) is 0 Å². The summed E-state index contributed by atoms with van der Waals surface area (Å²) in [5, 5.41) is 19.2. The molecule has 1 aliphatic heterocycles. The number of ether oxygens (including phenoxy) is 1. The Morgan fingerprint density at radius 3 is 2.55 bits per heavy atom.